The first-order valence-electron chi connectivity index (χ1n) is 5.53. The fourth-order valence-electron chi connectivity index (χ4n) is 1.59. The van der Waals surface area contributed by atoms with E-state index >= 15 is 0 Å². The molecule has 1 heterocycles. The first-order chi connectivity index (χ1) is 8.69. The number of thiophene rings is 1. The number of halogens is 2. The fraction of sp³-hybridized carbons (Fsp3) is 0.231. The van der Waals surface area contributed by atoms with Gasteiger partial charge in [-0.15, -0.1) is 11.3 Å². The molecule has 5 heteroatoms. The first-order valence-corrected chi connectivity index (χ1v) is 7.20. The smallest absolute Gasteiger partial charge is 0.127 e. The average molecular weight is 330 g/mol. The molecule has 0 atom stereocenters. The highest BCUT2D eigenvalue weighted by molar-refractivity contribution is 9.10. The molecule has 0 aliphatic rings. The summed E-state index contributed by atoms with van der Waals surface area (Å²) in [5.74, 6) is 0.250. The molecule has 18 heavy (non-hydrogen) atoms. The van der Waals surface area contributed by atoms with E-state index in [2.05, 4.69) is 15.9 Å². The summed E-state index contributed by atoms with van der Waals surface area (Å²) in [5, 5.41) is 1.98. The zero-order valence-corrected chi connectivity index (χ0v) is 12.1. The fourth-order valence-corrected chi connectivity index (χ4v) is 2.97. The molecule has 2 aromatic rings. The van der Waals surface area contributed by atoms with E-state index in [1.807, 2.05) is 17.5 Å². The van der Waals surface area contributed by atoms with Crippen LogP contribution in [0.4, 0.5) is 4.39 Å². The lowest BCUT2D eigenvalue weighted by atomic mass is 10.1. The van der Waals surface area contributed by atoms with Crippen molar-refractivity contribution < 1.29 is 9.13 Å². The number of rotatable bonds is 5. The Balaban J connectivity index is 2.07. The van der Waals surface area contributed by atoms with E-state index < -0.39 is 0 Å². The molecule has 0 radical (unpaired) electrons. The zero-order valence-electron chi connectivity index (χ0n) is 9.66. The van der Waals surface area contributed by atoms with Crippen molar-refractivity contribution in [3.05, 3.63) is 50.4 Å². The molecule has 1 aromatic heterocycles. The Bertz CT molecular complexity index is 529. The molecule has 0 aliphatic carbocycles. The van der Waals surface area contributed by atoms with E-state index in [0.29, 0.717) is 25.3 Å². The van der Waals surface area contributed by atoms with Gasteiger partial charge in [-0.2, -0.15) is 0 Å². The second-order valence-corrected chi connectivity index (χ2v) is 5.67. The molecule has 0 saturated heterocycles. The van der Waals surface area contributed by atoms with Crippen LogP contribution in [-0.2, 0) is 13.0 Å². The molecule has 0 spiro atoms. The quantitative estimate of drug-likeness (QED) is 0.907. The summed E-state index contributed by atoms with van der Waals surface area (Å²) < 4.78 is 20.0. The molecular formula is C13H13BrFNOS. The molecule has 0 aliphatic heterocycles. The topological polar surface area (TPSA) is 35.2 Å². The van der Waals surface area contributed by atoms with Crippen LogP contribution in [0.3, 0.4) is 0 Å². The molecule has 0 amide bonds. The SMILES string of the molecule is NCCc1cc(F)cc(OCc2sccc2Br)c1. The average Bonchev–Trinajstić information content (AvgIpc) is 2.72. The van der Waals surface area contributed by atoms with E-state index in [9.17, 15) is 4.39 Å². The van der Waals surface area contributed by atoms with E-state index in [1.165, 1.54) is 12.1 Å². The monoisotopic (exact) mass is 329 g/mol. The zero-order chi connectivity index (χ0) is 13.0. The van der Waals surface area contributed by atoms with Crippen LogP contribution in [0.1, 0.15) is 10.4 Å². The second-order valence-electron chi connectivity index (χ2n) is 3.81. The van der Waals surface area contributed by atoms with Gasteiger partial charge in [0.15, 0.2) is 0 Å². The molecule has 0 fully saturated rings. The predicted molar refractivity (Wildman–Crippen MR) is 75.5 cm³/mol. The maximum Gasteiger partial charge on any atom is 0.127 e. The van der Waals surface area contributed by atoms with Gasteiger partial charge in [0.2, 0.25) is 0 Å². The van der Waals surface area contributed by atoms with E-state index in [1.54, 1.807) is 11.3 Å². The second kappa shape index (κ2) is 6.31. The first kappa shape index (κ1) is 13.5. The van der Waals surface area contributed by atoms with Crippen LogP contribution < -0.4 is 10.5 Å². The number of hydrogen-bond donors (Lipinski definition) is 1. The third-order valence-corrected chi connectivity index (χ3v) is 4.32. The maximum absolute atomic E-state index is 13.4. The molecule has 2 N–H and O–H groups in total. The van der Waals surface area contributed by atoms with Crippen molar-refractivity contribution in [2.75, 3.05) is 6.54 Å². The number of benzene rings is 1. The summed E-state index contributed by atoms with van der Waals surface area (Å²) in [6, 6.07) is 6.68. The molecule has 96 valence electrons. The van der Waals surface area contributed by atoms with Crippen LogP contribution in [0.2, 0.25) is 0 Å². The van der Waals surface area contributed by atoms with E-state index in [4.69, 9.17) is 10.5 Å². The molecule has 2 nitrogen and oxygen atoms in total. The van der Waals surface area contributed by atoms with Gasteiger partial charge in [-0.25, -0.2) is 4.39 Å². The standard InChI is InChI=1S/C13H13BrFNOS/c14-12-2-4-18-13(12)8-17-11-6-9(1-3-16)5-10(15)7-11/h2,4-7H,1,3,8,16H2. The molecule has 1 aromatic carbocycles. The Morgan fingerprint density at radius 3 is 2.83 bits per heavy atom. The van der Waals surface area contributed by atoms with Crippen molar-refractivity contribution >= 4 is 27.3 Å². The summed E-state index contributed by atoms with van der Waals surface area (Å²) in [4.78, 5) is 1.08. The normalized spacial score (nSPS) is 10.6. The molecule has 0 saturated carbocycles. The van der Waals surface area contributed by atoms with Crippen LogP contribution in [-0.4, -0.2) is 6.54 Å². The highest BCUT2D eigenvalue weighted by Crippen LogP contribution is 2.25. The Hall–Kier alpha value is -0.910. The Labute approximate surface area is 118 Å². The van der Waals surface area contributed by atoms with Gasteiger partial charge >= 0.3 is 0 Å². The lowest BCUT2D eigenvalue weighted by Gasteiger charge is -2.08. The number of hydrogen-bond acceptors (Lipinski definition) is 3. The van der Waals surface area contributed by atoms with Crippen LogP contribution in [0, 0.1) is 5.82 Å². The maximum atomic E-state index is 13.4. The van der Waals surface area contributed by atoms with Crippen molar-refractivity contribution in [2.24, 2.45) is 5.73 Å². The van der Waals surface area contributed by atoms with Gasteiger partial charge in [0.25, 0.3) is 0 Å². The summed E-state index contributed by atoms with van der Waals surface area (Å²) in [6.45, 7) is 0.934. The largest absolute Gasteiger partial charge is 0.488 e. The van der Waals surface area contributed by atoms with Gasteiger partial charge in [0.05, 0.1) is 4.88 Å². The number of nitrogens with two attached hydrogens (primary N) is 1. The van der Waals surface area contributed by atoms with Gasteiger partial charge in [-0.05, 0) is 58.0 Å². The predicted octanol–water partition coefficient (Wildman–Crippen LogP) is 3.73. The minimum Gasteiger partial charge on any atom is -0.488 e. The van der Waals surface area contributed by atoms with Crippen molar-refractivity contribution in [3.8, 4) is 5.75 Å². The van der Waals surface area contributed by atoms with Gasteiger partial charge in [0.1, 0.15) is 18.2 Å². The van der Waals surface area contributed by atoms with Crippen LogP contribution in [0.5, 0.6) is 5.75 Å². The molecule has 2 rings (SSSR count). The summed E-state index contributed by atoms with van der Waals surface area (Å²) in [6.07, 6.45) is 0.650. The Morgan fingerprint density at radius 2 is 2.17 bits per heavy atom. The highest BCUT2D eigenvalue weighted by atomic mass is 79.9. The minimum absolute atomic E-state index is 0.291. The highest BCUT2D eigenvalue weighted by Gasteiger charge is 2.05. The summed E-state index contributed by atoms with van der Waals surface area (Å²) in [7, 11) is 0. The van der Waals surface area contributed by atoms with Crippen molar-refractivity contribution in [2.45, 2.75) is 13.0 Å². The van der Waals surface area contributed by atoms with Crippen molar-refractivity contribution in [1.29, 1.82) is 0 Å². The lowest BCUT2D eigenvalue weighted by molar-refractivity contribution is 0.307. The van der Waals surface area contributed by atoms with E-state index in [0.717, 1.165) is 14.9 Å². The number of ether oxygens (including phenoxy) is 1. The van der Waals surface area contributed by atoms with Gasteiger partial charge in [-0.1, -0.05) is 0 Å². The van der Waals surface area contributed by atoms with E-state index in [-0.39, 0.29) is 5.82 Å². The molecule has 0 unspecified atom stereocenters. The van der Waals surface area contributed by atoms with Gasteiger partial charge in [-0.3, -0.25) is 0 Å². The van der Waals surface area contributed by atoms with Gasteiger partial charge in [0, 0.05) is 10.5 Å². The lowest BCUT2D eigenvalue weighted by Crippen LogP contribution is -2.03. The Kier molecular flexibility index (Phi) is 4.74. The van der Waals surface area contributed by atoms with Crippen LogP contribution >= 0.6 is 27.3 Å². The minimum atomic E-state index is -0.291. The van der Waals surface area contributed by atoms with Crippen molar-refractivity contribution in [1.82, 2.24) is 0 Å². The molecule has 0 bridgehead atoms. The molecular weight excluding hydrogens is 317 g/mol. The third-order valence-electron chi connectivity index (χ3n) is 2.43. The van der Waals surface area contributed by atoms with Gasteiger partial charge < -0.3 is 10.5 Å². The van der Waals surface area contributed by atoms with Crippen molar-refractivity contribution in [3.63, 3.8) is 0 Å². The van der Waals surface area contributed by atoms with Crippen LogP contribution in [0.15, 0.2) is 34.1 Å². The summed E-state index contributed by atoms with van der Waals surface area (Å²) in [5.41, 5.74) is 6.32. The Morgan fingerprint density at radius 1 is 1.33 bits per heavy atom. The third kappa shape index (κ3) is 3.54. The van der Waals surface area contributed by atoms with Crippen LogP contribution in [0.25, 0.3) is 0 Å². The summed E-state index contributed by atoms with van der Waals surface area (Å²) >= 11 is 5.04.